The maximum atomic E-state index is 5.05. The molecule has 1 aromatic heterocycles. The monoisotopic (exact) mass is 233 g/mol. The van der Waals surface area contributed by atoms with Gasteiger partial charge in [-0.1, -0.05) is 0 Å². The van der Waals surface area contributed by atoms with Gasteiger partial charge in [-0.25, -0.2) is 0 Å². The van der Waals surface area contributed by atoms with Crippen molar-refractivity contribution in [1.29, 1.82) is 0 Å². The second kappa shape index (κ2) is 5.14. The Kier molecular flexibility index (Phi) is 4.77. The van der Waals surface area contributed by atoms with Crippen molar-refractivity contribution in [3.8, 4) is 11.8 Å². The molecule has 0 N–H and O–H groups in total. The van der Waals surface area contributed by atoms with Gasteiger partial charge in [0.25, 0.3) is 0 Å². The molecular weight excluding hydrogens is 218 g/mol. The second-order valence-corrected chi connectivity index (χ2v) is 3.77. The molecule has 0 amide bonds. The molecule has 0 radical (unpaired) electrons. The van der Waals surface area contributed by atoms with E-state index in [1.54, 1.807) is 20.3 Å². The van der Waals surface area contributed by atoms with Crippen molar-refractivity contribution in [2.24, 2.45) is 0 Å². The lowest BCUT2D eigenvalue weighted by Gasteiger charge is -2.20. The third kappa shape index (κ3) is 3.53. The van der Waals surface area contributed by atoms with Crippen LogP contribution in [-0.2, 0) is 0 Å². The molecule has 1 aromatic rings. The molecule has 0 saturated heterocycles. The summed E-state index contributed by atoms with van der Waals surface area (Å²) in [5.41, 5.74) is 0. The second-order valence-electron chi connectivity index (χ2n) is 3.77. The first-order valence-corrected chi connectivity index (χ1v) is 4.26. The zero-order chi connectivity index (χ0) is 10.8. The average Bonchev–Trinajstić information content (AvgIpc) is 2.15. The van der Waals surface area contributed by atoms with Crippen molar-refractivity contribution >= 4 is 5.95 Å². The Morgan fingerprint density at radius 1 is 1.00 bits per heavy atom. The van der Waals surface area contributed by atoms with Gasteiger partial charge in [-0.15, -0.1) is 9.97 Å². The molecule has 0 aliphatic rings. The van der Waals surface area contributed by atoms with Gasteiger partial charge >= 0.3 is 5.95 Å². The average molecular weight is 234 g/mol. The molecule has 0 spiro atoms. The van der Waals surface area contributed by atoms with Gasteiger partial charge in [-0.2, -0.15) is 0 Å². The highest BCUT2D eigenvalue weighted by Crippen LogP contribution is 2.20. The van der Waals surface area contributed by atoms with Crippen LogP contribution in [0.5, 0.6) is 11.8 Å². The van der Waals surface area contributed by atoms with Gasteiger partial charge in [0, 0.05) is 0 Å². The van der Waals surface area contributed by atoms with E-state index in [4.69, 9.17) is 9.47 Å². The van der Waals surface area contributed by atoms with Crippen molar-refractivity contribution < 1.29 is 21.9 Å². The van der Waals surface area contributed by atoms with E-state index in [1.165, 1.54) is 0 Å². The van der Waals surface area contributed by atoms with E-state index in [2.05, 4.69) is 9.97 Å². The summed E-state index contributed by atoms with van der Waals surface area (Å²) in [6.07, 6.45) is 0. The zero-order valence-electron chi connectivity index (χ0n) is 9.61. The molecule has 0 fully saturated rings. The summed E-state index contributed by atoms with van der Waals surface area (Å²) in [4.78, 5) is 8.46. The minimum Gasteiger partial charge on any atom is -1.00 e. The van der Waals surface area contributed by atoms with Crippen LogP contribution < -0.4 is 26.4 Å². The topological polar surface area (TPSA) is 44.2 Å². The number of methoxy groups -OCH3 is 2. The van der Waals surface area contributed by atoms with E-state index in [9.17, 15) is 0 Å². The molecule has 0 aromatic carbocycles. The Morgan fingerprint density at radius 2 is 1.40 bits per heavy atom. The smallest absolute Gasteiger partial charge is 0.334 e. The molecule has 0 unspecified atom stereocenters. The van der Waals surface area contributed by atoms with Crippen LogP contribution in [0.15, 0.2) is 6.07 Å². The van der Waals surface area contributed by atoms with E-state index >= 15 is 0 Å². The first-order chi connectivity index (χ1) is 6.47. The Hall–Kier alpha value is -1.07. The molecule has 0 aliphatic carbocycles. The summed E-state index contributed by atoms with van der Waals surface area (Å²) in [5.74, 6) is 1.68. The lowest BCUT2D eigenvalue weighted by Crippen LogP contribution is -3.00. The molecule has 0 saturated carbocycles. The Morgan fingerprint density at radius 3 is 1.67 bits per heavy atom. The van der Waals surface area contributed by atoms with Crippen molar-refractivity contribution in [3.05, 3.63) is 6.07 Å². The van der Waals surface area contributed by atoms with Gasteiger partial charge in [0.15, 0.2) is 0 Å². The highest BCUT2D eigenvalue weighted by molar-refractivity contribution is 5.32. The zero-order valence-corrected chi connectivity index (χ0v) is 10.4. The Balaban J connectivity index is 0.00000196. The van der Waals surface area contributed by atoms with Crippen molar-refractivity contribution in [3.63, 3.8) is 0 Å². The van der Waals surface area contributed by atoms with Gasteiger partial charge in [0.05, 0.1) is 41.4 Å². The predicted molar refractivity (Wildman–Crippen MR) is 54.7 cm³/mol. The number of hydrogen-bond donors (Lipinski definition) is 0. The van der Waals surface area contributed by atoms with Gasteiger partial charge in [-0.05, 0) is 0 Å². The minimum atomic E-state index is 0. The highest BCUT2D eigenvalue weighted by Gasteiger charge is 2.19. The van der Waals surface area contributed by atoms with Gasteiger partial charge < -0.3 is 21.9 Å². The number of nitrogens with zero attached hydrogens (tertiary/aromatic N) is 3. The first kappa shape index (κ1) is 13.9. The van der Waals surface area contributed by atoms with E-state index in [-0.39, 0.29) is 12.4 Å². The number of aromatic nitrogens is 2. The third-order valence-electron chi connectivity index (χ3n) is 1.69. The third-order valence-corrected chi connectivity index (χ3v) is 1.69. The number of ether oxygens (including phenoxy) is 2. The quantitative estimate of drug-likeness (QED) is 0.551. The normalized spacial score (nSPS) is 10.5. The maximum Gasteiger partial charge on any atom is 0.334 e. The molecule has 0 bridgehead atoms. The molecule has 86 valence electrons. The molecule has 5 nitrogen and oxygen atoms in total. The summed E-state index contributed by atoms with van der Waals surface area (Å²) in [5, 5.41) is 0. The SMILES string of the molecule is COc1cc(OC)nc([N+](C)(C)C)n1.[Cl-]. The van der Waals surface area contributed by atoms with E-state index in [0.717, 1.165) is 0 Å². The molecule has 0 aliphatic heterocycles. The Labute approximate surface area is 96.0 Å². The van der Waals surface area contributed by atoms with Crippen molar-refractivity contribution in [1.82, 2.24) is 14.5 Å². The fourth-order valence-corrected chi connectivity index (χ4v) is 0.901. The number of rotatable bonds is 3. The maximum absolute atomic E-state index is 5.05. The molecule has 1 heterocycles. The van der Waals surface area contributed by atoms with Crippen LogP contribution in [0.3, 0.4) is 0 Å². The lowest BCUT2D eigenvalue weighted by molar-refractivity contribution is -0.00000418. The fraction of sp³-hybridized carbons (Fsp3) is 0.556. The van der Waals surface area contributed by atoms with Crippen LogP contribution in [0, 0.1) is 0 Å². The van der Waals surface area contributed by atoms with Gasteiger partial charge in [0.1, 0.15) is 0 Å². The number of quaternary nitrogens is 1. The summed E-state index contributed by atoms with van der Waals surface area (Å²) >= 11 is 0. The highest BCUT2D eigenvalue weighted by atomic mass is 35.5. The molecule has 1 rings (SSSR count). The largest absolute Gasteiger partial charge is 1.00 e. The molecule has 0 atom stereocenters. The van der Waals surface area contributed by atoms with Crippen LogP contribution in [0.25, 0.3) is 0 Å². The van der Waals surface area contributed by atoms with Crippen LogP contribution >= 0.6 is 0 Å². The summed E-state index contributed by atoms with van der Waals surface area (Å²) in [6.45, 7) is 0. The summed E-state index contributed by atoms with van der Waals surface area (Å²) < 4.78 is 10.6. The molecule has 15 heavy (non-hydrogen) atoms. The van der Waals surface area contributed by atoms with Crippen molar-refractivity contribution in [2.75, 3.05) is 35.4 Å². The van der Waals surface area contributed by atoms with Crippen LogP contribution in [-0.4, -0.2) is 45.3 Å². The van der Waals surface area contributed by atoms with E-state index < -0.39 is 0 Å². The minimum absolute atomic E-state index is 0. The van der Waals surface area contributed by atoms with Crippen LogP contribution in [0.2, 0.25) is 0 Å². The summed E-state index contributed by atoms with van der Waals surface area (Å²) in [6, 6.07) is 1.65. The molecule has 6 heteroatoms. The number of halogens is 1. The Bertz CT molecular complexity index is 303. The fourth-order valence-electron chi connectivity index (χ4n) is 0.901. The van der Waals surface area contributed by atoms with Crippen molar-refractivity contribution in [2.45, 2.75) is 0 Å². The van der Waals surface area contributed by atoms with E-state index in [0.29, 0.717) is 22.2 Å². The standard InChI is InChI=1S/C9H16N3O2.ClH/c1-12(2,3)9-10-7(13-4)6-8(11-9)14-5;/h6H,1-5H3;1H/q+1;/p-1. The predicted octanol–water partition coefficient (Wildman–Crippen LogP) is -2.31. The lowest BCUT2D eigenvalue weighted by atomic mass is 10.5. The van der Waals surface area contributed by atoms with Gasteiger partial charge in [0.2, 0.25) is 11.8 Å². The van der Waals surface area contributed by atoms with Crippen LogP contribution in [0.1, 0.15) is 0 Å². The van der Waals surface area contributed by atoms with Crippen LogP contribution in [0.4, 0.5) is 5.95 Å². The summed E-state index contributed by atoms with van der Waals surface area (Å²) in [7, 11) is 9.08. The first-order valence-electron chi connectivity index (χ1n) is 4.26. The van der Waals surface area contributed by atoms with Gasteiger partial charge in [-0.3, -0.25) is 4.48 Å². The molecular formula is C9H16ClN3O2. The number of hydrogen-bond acceptors (Lipinski definition) is 4. The van der Waals surface area contributed by atoms with E-state index in [1.807, 2.05) is 21.1 Å².